The van der Waals surface area contributed by atoms with Gasteiger partial charge in [0.2, 0.25) is 15.9 Å². The Morgan fingerprint density at radius 3 is 2.59 bits per heavy atom. The molecule has 2 aromatic carbocycles. The maximum Gasteiger partial charge on any atom is 0.225 e. The molecule has 6 nitrogen and oxygen atoms in total. The average Bonchev–Trinajstić information content (AvgIpc) is 2.62. The molecule has 0 aliphatic heterocycles. The van der Waals surface area contributed by atoms with E-state index in [0.29, 0.717) is 16.8 Å². The van der Waals surface area contributed by atoms with Gasteiger partial charge in [0, 0.05) is 25.2 Å². The van der Waals surface area contributed by atoms with Gasteiger partial charge >= 0.3 is 0 Å². The zero-order chi connectivity index (χ0) is 19.9. The molecule has 8 heteroatoms. The minimum atomic E-state index is -3.54. The van der Waals surface area contributed by atoms with E-state index in [2.05, 4.69) is 5.32 Å². The number of nitriles is 1. The van der Waals surface area contributed by atoms with Crippen molar-refractivity contribution in [2.45, 2.75) is 12.8 Å². The van der Waals surface area contributed by atoms with Crippen LogP contribution in [0.5, 0.6) is 0 Å². The van der Waals surface area contributed by atoms with Crippen molar-refractivity contribution in [1.29, 1.82) is 5.26 Å². The summed E-state index contributed by atoms with van der Waals surface area (Å²) in [7, 11) is -3.54. The number of halogens is 1. The summed E-state index contributed by atoms with van der Waals surface area (Å²) < 4.78 is 38.8. The van der Waals surface area contributed by atoms with Crippen LogP contribution in [0.25, 0.3) is 0 Å². The standard InChI is InChI=1S/C19H20FN3O3S/c1-27(25,26)23(11-9-16-6-2-3-8-18(16)20)12-10-19(24)22-17-7-4-5-15(13-17)14-21/h2-8,13H,9-12H2,1H3,(H,22,24). The number of anilines is 1. The van der Waals surface area contributed by atoms with Crippen LogP contribution in [0.15, 0.2) is 48.5 Å². The van der Waals surface area contributed by atoms with Crippen molar-refractivity contribution < 1.29 is 17.6 Å². The molecule has 0 radical (unpaired) electrons. The molecule has 0 aliphatic carbocycles. The SMILES string of the molecule is CS(=O)(=O)N(CCC(=O)Nc1cccc(C#N)c1)CCc1ccccc1F. The first-order chi connectivity index (χ1) is 12.8. The van der Waals surface area contributed by atoms with E-state index in [4.69, 9.17) is 5.26 Å². The molecule has 0 spiro atoms. The van der Waals surface area contributed by atoms with Gasteiger partial charge in [0.05, 0.1) is 17.9 Å². The first-order valence-corrected chi connectivity index (χ1v) is 10.1. The summed E-state index contributed by atoms with van der Waals surface area (Å²) in [4.78, 5) is 12.1. The molecule has 1 amide bonds. The van der Waals surface area contributed by atoms with Crippen LogP contribution in [0, 0.1) is 17.1 Å². The molecule has 0 heterocycles. The monoisotopic (exact) mass is 389 g/mol. The Hall–Kier alpha value is -2.76. The van der Waals surface area contributed by atoms with E-state index in [9.17, 15) is 17.6 Å². The highest BCUT2D eigenvalue weighted by molar-refractivity contribution is 7.88. The van der Waals surface area contributed by atoms with E-state index in [-0.39, 0.29) is 37.7 Å². The van der Waals surface area contributed by atoms with Gasteiger partial charge in [0.15, 0.2) is 0 Å². The first-order valence-electron chi connectivity index (χ1n) is 8.28. The van der Waals surface area contributed by atoms with Crippen LogP contribution in [0.1, 0.15) is 17.5 Å². The van der Waals surface area contributed by atoms with Gasteiger partial charge in [0.25, 0.3) is 0 Å². The van der Waals surface area contributed by atoms with Crippen molar-refractivity contribution in [3.63, 3.8) is 0 Å². The van der Waals surface area contributed by atoms with Crippen LogP contribution in [0.4, 0.5) is 10.1 Å². The lowest BCUT2D eigenvalue weighted by atomic mass is 10.1. The summed E-state index contributed by atoms with van der Waals surface area (Å²) in [5.41, 5.74) is 1.30. The minimum absolute atomic E-state index is 0.0168. The lowest BCUT2D eigenvalue weighted by Crippen LogP contribution is -2.34. The van der Waals surface area contributed by atoms with E-state index < -0.39 is 10.0 Å². The molecule has 0 fully saturated rings. The number of carbonyl (C=O) groups excluding carboxylic acids is 1. The van der Waals surface area contributed by atoms with Gasteiger partial charge in [-0.05, 0) is 36.2 Å². The van der Waals surface area contributed by atoms with Crippen LogP contribution in [-0.4, -0.2) is 38.0 Å². The summed E-state index contributed by atoms with van der Waals surface area (Å²) in [5, 5.41) is 11.5. The van der Waals surface area contributed by atoms with Gasteiger partial charge in [-0.3, -0.25) is 4.79 Å². The molecule has 0 aliphatic rings. The Morgan fingerprint density at radius 1 is 1.19 bits per heavy atom. The molecule has 0 bridgehead atoms. The molecule has 27 heavy (non-hydrogen) atoms. The number of nitrogens with one attached hydrogen (secondary N) is 1. The van der Waals surface area contributed by atoms with Gasteiger partial charge in [-0.2, -0.15) is 5.26 Å². The zero-order valence-corrected chi connectivity index (χ0v) is 15.7. The maximum absolute atomic E-state index is 13.7. The third kappa shape index (κ3) is 6.47. The van der Waals surface area contributed by atoms with E-state index in [1.807, 2.05) is 6.07 Å². The lowest BCUT2D eigenvalue weighted by Gasteiger charge is -2.20. The molecule has 0 aromatic heterocycles. The molecular formula is C19H20FN3O3S. The molecule has 2 rings (SSSR count). The van der Waals surface area contributed by atoms with Gasteiger partial charge in [-0.1, -0.05) is 24.3 Å². The van der Waals surface area contributed by atoms with E-state index >= 15 is 0 Å². The van der Waals surface area contributed by atoms with Gasteiger partial charge in [0.1, 0.15) is 5.82 Å². The van der Waals surface area contributed by atoms with Crippen molar-refractivity contribution >= 4 is 21.6 Å². The Morgan fingerprint density at radius 2 is 1.93 bits per heavy atom. The van der Waals surface area contributed by atoms with Crippen molar-refractivity contribution in [3.8, 4) is 6.07 Å². The van der Waals surface area contributed by atoms with Gasteiger partial charge < -0.3 is 5.32 Å². The summed E-state index contributed by atoms with van der Waals surface area (Å²) >= 11 is 0. The highest BCUT2D eigenvalue weighted by atomic mass is 32.2. The van der Waals surface area contributed by atoms with Crippen molar-refractivity contribution in [3.05, 3.63) is 65.5 Å². The van der Waals surface area contributed by atoms with Crippen molar-refractivity contribution in [2.24, 2.45) is 0 Å². The fraction of sp³-hybridized carbons (Fsp3) is 0.263. The fourth-order valence-corrected chi connectivity index (χ4v) is 3.35. The summed E-state index contributed by atoms with van der Waals surface area (Å²) in [6, 6.07) is 14.6. The molecular weight excluding hydrogens is 369 g/mol. The summed E-state index contributed by atoms with van der Waals surface area (Å²) in [6.45, 7) is 0.0635. The average molecular weight is 389 g/mol. The molecule has 0 saturated carbocycles. The van der Waals surface area contributed by atoms with E-state index in [1.165, 1.54) is 12.1 Å². The highest BCUT2D eigenvalue weighted by Gasteiger charge is 2.18. The van der Waals surface area contributed by atoms with Gasteiger partial charge in [-0.25, -0.2) is 17.1 Å². The number of hydrogen-bond acceptors (Lipinski definition) is 4. The summed E-state index contributed by atoms with van der Waals surface area (Å²) in [5.74, 6) is -0.759. The Kier molecular flexibility index (Phi) is 7.05. The molecule has 142 valence electrons. The van der Waals surface area contributed by atoms with Crippen LogP contribution in [-0.2, 0) is 21.2 Å². The van der Waals surface area contributed by atoms with Crippen LogP contribution < -0.4 is 5.32 Å². The quantitative estimate of drug-likeness (QED) is 0.751. The Labute approximate surface area is 158 Å². The van der Waals surface area contributed by atoms with Crippen LogP contribution in [0.2, 0.25) is 0 Å². The van der Waals surface area contributed by atoms with Crippen molar-refractivity contribution in [1.82, 2.24) is 4.31 Å². The van der Waals surface area contributed by atoms with Crippen LogP contribution >= 0.6 is 0 Å². The molecule has 0 unspecified atom stereocenters. The van der Waals surface area contributed by atoms with Crippen molar-refractivity contribution in [2.75, 3.05) is 24.7 Å². The topological polar surface area (TPSA) is 90.3 Å². The van der Waals surface area contributed by atoms with E-state index in [1.54, 1.807) is 36.4 Å². The van der Waals surface area contributed by atoms with Gasteiger partial charge in [-0.15, -0.1) is 0 Å². The zero-order valence-electron chi connectivity index (χ0n) is 14.9. The lowest BCUT2D eigenvalue weighted by molar-refractivity contribution is -0.116. The van der Waals surface area contributed by atoms with Crippen LogP contribution in [0.3, 0.4) is 0 Å². The number of sulfonamides is 1. The number of rotatable bonds is 8. The number of hydrogen-bond donors (Lipinski definition) is 1. The first kappa shape index (κ1) is 20.6. The minimum Gasteiger partial charge on any atom is -0.326 e. The predicted octanol–water partition coefficient (Wildman–Crippen LogP) is 2.53. The Balaban J connectivity index is 1.95. The maximum atomic E-state index is 13.7. The largest absolute Gasteiger partial charge is 0.326 e. The smallest absolute Gasteiger partial charge is 0.225 e. The second-order valence-corrected chi connectivity index (χ2v) is 7.98. The number of nitrogens with zero attached hydrogens (tertiary/aromatic N) is 2. The number of amides is 1. The van der Waals surface area contributed by atoms with E-state index in [0.717, 1.165) is 10.6 Å². The Bertz CT molecular complexity index is 955. The fourth-order valence-electron chi connectivity index (χ4n) is 2.51. The molecule has 1 N–H and O–H groups in total. The number of benzene rings is 2. The molecule has 0 atom stereocenters. The second kappa shape index (κ2) is 9.26. The second-order valence-electron chi connectivity index (χ2n) is 5.99. The normalized spacial score (nSPS) is 11.2. The predicted molar refractivity (Wildman–Crippen MR) is 101 cm³/mol. The number of carbonyl (C=O) groups is 1. The molecule has 2 aromatic rings. The third-order valence-corrected chi connectivity index (χ3v) is 5.22. The summed E-state index contributed by atoms with van der Waals surface area (Å²) in [6.07, 6.45) is 1.22. The third-order valence-electron chi connectivity index (χ3n) is 3.92. The molecule has 0 saturated heterocycles. The highest BCUT2D eigenvalue weighted by Crippen LogP contribution is 2.12.